The SMILES string of the molecule is CCCCCCCCCCCCCCCCCCCCCCOc1ccc(C=Cc2cc[n+](CCCCCCCCCCCCCC)cc2)cc1. The smallest absolute Gasteiger partial charge is 0.169 e. The van der Waals surface area contributed by atoms with Crippen LogP contribution in [0.4, 0.5) is 0 Å². The van der Waals surface area contributed by atoms with Gasteiger partial charge in [0.15, 0.2) is 12.4 Å². The zero-order chi connectivity index (χ0) is 36.1. The maximum atomic E-state index is 6.03. The van der Waals surface area contributed by atoms with Gasteiger partial charge in [0.25, 0.3) is 0 Å². The van der Waals surface area contributed by atoms with Gasteiger partial charge >= 0.3 is 0 Å². The molecule has 0 saturated heterocycles. The van der Waals surface area contributed by atoms with Crippen molar-refractivity contribution in [3.63, 3.8) is 0 Å². The van der Waals surface area contributed by atoms with Crippen LogP contribution in [-0.4, -0.2) is 6.61 Å². The number of rotatable bonds is 37. The molecule has 0 N–H and O–H groups in total. The molecule has 2 heteroatoms. The quantitative estimate of drug-likeness (QED) is 0.0504. The molecular weight excluding hydrogens is 619 g/mol. The Kier molecular flexibility index (Phi) is 30.9. The van der Waals surface area contributed by atoms with Crippen molar-refractivity contribution in [2.24, 2.45) is 0 Å². The first-order valence-corrected chi connectivity index (χ1v) is 22.7. The Bertz CT molecular complexity index is 1010. The van der Waals surface area contributed by atoms with E-state index < -0.39 is 0 Å². The minimum Gasteiger partial charge on any atom is -0.494 e. The number of unbranched alkanes of at least 4 members (excludes halogenated alkanes) is 30. The number of nitrogens with zero attached hydrogens (tertiary/aromatic N) is 1. The zero-order valence-electron chi connectivity index (χ0n) is 34.2. The monoisotopic (exact) mass is 703 g/mol. The molecule has 0 amide bonds. The van der Waals surface area contributed by atoms with E-state index in [1.807, 2.05) is 0 Å². The van der Waals surface area contributed by atoms with E-state index in [2.05, 4.69) is 79.4 Å². The zero-order valence-corrected chi connectivity index (χ0v) is 34.2. The topological polar surface area (TPSA) is 13.1 Å². The number of benzene rings is 1. The summed E-state index contributed by atoms with van der Waals surface area (Å²) >= 11 is 0. The summed E-state index contributed by atoms with van der Waals surface area (Å²) in [5, 5.41) is 0. The number of aryl methyl sites for hydroxylation is 1. The van der Waals surface area contributed by atoms with Crippen LogP contribution in [-0.2, 0) is 6.54 Å². The number of aromatic nitrogens is 1. The van der Waals surface area contributed by atoms with Crippen LogP contribution < -0.4 is 9.30 Å². The standard InChI is InChI=1S/C49H84NO/c1-3-5-7-9-11-13-15-17-18-19-20-21-22-23-24-26-28-30-32-34-46-51-49-39-37-47(38-40-49)35-36-48-41-44-50(45-42-48)43-33-31-29-27-25-16-14-12-10-8-6-4-2/h35-42,44-45H,3-34,43,46H2,1-2H3/q+1. The third-order valence-electron chi connectivity index (χ3n) is 10.8. The van der Waals surface area contributed by atoms with Gasteiger partial charge in [0.2, 0.25) is 0 Å². The molecule has 2 aromatic rings. The lowest BCUT2D eigenvalue weighted by Gasteiger charge is -2.07. The Morgan fingerprint density at radius 2 is 0.686 bits per heavy atom. The fourth-order valence-electron chi connectivity index (χ4n) is 7.28. The van der Waals surface area contributed by atoms with E-state index in [9.17, 15) is 0 Å². The first-order chi connectivity index (χ1) is 25.3. The van der Waals surface area contributed by atoms with E-state index in [4.69, 9.17) is 4.74 Å². The molecule has 1 aromatic heterocycles. The fourth-order valence-corrected chi connectivity index (χ4v) is 7.28. The van der Waals surface area contributed by atoms with Crippen LogP contribution in [0.3, 0.4) is 0 Å². The van der Waals surface area contributed by atoms with Gasteiger partial charge in [-0.2, -0.15) is 0 Å². The van der Waals surface area contributed by atoms with Gasteiger partial charge in [0, 0.05) is 18.6 Å². The Morgan fingerprint density at radius 3 is 1.06 bits per heavy atom. The highest BCUT2D eigenvalue weighted by Crippen LogP contribution is 2.17. The summed E-state index contributed by atoms with van der Waals surface area (Å²) in [5.74, 6) is 0.989. The average molecular weight is 703 g/mol. The first kappa shape index (κ1) is 45.1. The fraction of sp³-hybridized carbons (Fsp3) is 0.735. The maximum absolute atomic E-state index is 6.03. The molecule has 0 saturated carbocycles. The lowest BCUT2D eigenvalue weighted by Crippen LogP contribution is -2.32. The van der Waals surface area contributed by atoms with Gasteiger partial charge in [0.05, 0.1) is 6.61 Å². The second-order valence-electron chi connectivity index (χ2n) is 15.7. The van der Waals surface area contributed by atoms with E-state index in [-0.39, 0.29) is 0 Å². The molecule has 0 bridgehead atoms. The third kappa shape index (κ3) is 28.1. The highest BCUT2D eigenvalue weighted by molar-refractivity contribution is 5.69. The molecule has 51 heavy (non-hydrogen) atoms. The van der Waals surface area contributed by atoms with Crippen molar-refractivity contribution < 1.29 is 9.30 Å². The molecule has 0 spiro atoms. The van der Waals surface area contributed by atoms with Crippen LogP contribution in [0.25, 0.3) is 12.2 Å². The van der Waals surface area contributed by atoms with Crippen LogP contribution in [0.15, 0.2) is 48.8 Å². The number of pyridine rings is 1. The van der Waals surface area contributed by atoms with E-state index in [1.54, 1.807) is 0 Å². The maximum Gasteiger partial charge on any atom is 0.169 e. The van der Waals surface area contributed by atoms with Crippen molar-refractivity contribution in [3.8, 4) is 5.75 Å². The van der Waals surface area contributed by atoms with Crippen molar-refractivity contribution in [2.75, 3.05) is 6.61 Å². The summed E-state index contributed by atoms with van der Waals surface area (Å²) in [5.41, 5.74) is 2.47. The molecule has 0 radical (unpaired) electrons. The Morgan fingerprint density at radius 1 is 0.373 bits per heavy atom. The third-order valence-corrected chi connectivity index (χ3v) is 10.8. The van der Waals surface area contributed by atoms with E-state index in [0.717, 1.165) is 25.3 Å². The summed E-state index contributed by atoms with van der Waals surface area (Å²) in [7, 11) is 0. The molecule has 0 aliphatic heterocycles. The molecule has 0 fully saturated rings. The summed E-state index contributed by atoms with van der Waals surface area (Å²) in [6.45, 7) is 6.56. The second kappa shape index (κ2) is 35.0. The van der Waals surface area contributed by atoms with Gasteiger partial charge in [-0.05, 0) is 36.1 Å². The van der Waals surface area contributed by atoms with Crippen LogP contribution in [0.1, 0.15) is 230 Å². The normalized spacial score (nSPS) is 11.6. The van der Waals surface area contributed by atoms with Gasteiger partial charge in [-0.15, -0.1) is 0 Å². The molecule has 0 atom stereocenters. The number of ether oxygens (including phenoxy) is 1. The van der Waals surface area contributed by atoms with Crippen LogP contribution >= 0.6 is 0 Å². The largest absolute Gasteiger partial charge is 0.494 e. The molecule has 0 aliphatic rings. The predicted molar refractivity (Wildman–Crippen MR) is 227 cm³/mol. The van der Waals surface area contributed by atoms with Crippen molar-refractivity contribution in [1.82, 2.24) is 0 Å². The van der Waals surface area contributed by atoms with Crippen LogP contribution in [0.5, 0.6) is 5.75 Å². The van der Waals surface area contributed by atoms with Gasteiger partial charge in [-0.25, -0.2) is 4.57 Å². The van der Waals surface area contributed by atoms with Crippen LogP contribution in [0.2, 0.25) is 0 Å². The first-order valence-electron chi connectivity index (χ1n) is 22.7. The Balaban J connectivity index is 1.37. The highest BCUT2D eigenvalue weighted by atomic mass is 16.5. The molecule has 290 valence electrons. The van der Waals surface area contributed by atoms with E-state index in [0.29, 0.717) is 0 Å². The number of hydrogen-bond donors (Lipinski definition) is 0. The summed E-state index contributed by atoms with van der Waals surface area (Å²) in [4.78, 5) is 0. The number of hydrogen-bond acceptors (Lipinski definition) is 1. The van der Waals surface area contributed by atoms with Crippen molar-refractivity contribution >= 4 is 12.2 Å². The Labute approximate surface area is 318 Å². The molecule has 0 aliphatic carbocycles. The summed E-state index contributed by atoms with van der Waals surface area (Å²) in [6.07, 6.45) is 54.1. The molecule has 2 rings (SSSR count). The predicted octanol–water partition coefficient (Wildman–Crippen LogP) is 16.0. The van der Waals surface area contributed by atoms with Crippen molar-refractivity contribution in [2.45, 2.75) is 226 Å². The van der Waals surface area contributed by atoms with Crippen molar-refractivity contribution in [1.29, 1.82) is 0 Å². The summed E-state index contributed by atoms with van der Waals surface area (Å²) < 4.78 is 8.37. The molecule has 1 aromatic carbocycles. The minimum absolute atomic E-state index is 0.831. The minimum atomic E-state index is 0.831. The average Bonchev–Trinajstić information content (AvgIpc) is 3.16. The van der Waals surface area contributed by atoms with Gasteiger partial charge < -0.3 is 4.74 Å². The molecule has 2 nitrogen and oxygen atoms in total. The van der Waals surface area contributed by atoms with Gasteiger partial charge in [0.1, 0.15) is 12.3 Å². The molecule has 1 heterocycles. The lowest BCUT2D eigenvalue weighted by molar-refractivity contribution is -0.697. The highest BCUT2D eigenvalue weighted by Gasteiger charge is 2.01. The second-order valence-corrected chi connectivity index (χ2v) is 15.7. The van der Waals surface area contributed by atoms with Gasteiger partial charge in [-0.1, -0.05) is 224 Å². The van der Waals surface area contributed by atoms with Gasteiger partial charge in [-0.3, -0.25) is 0 Å². The molecule has 0 unspecified atom stereocenters. The lowest BCUT2D eigenvalue weighted by atomic mass is 10.0. The van der Waals surface area contributed by atoms with E-state index in [1.165, 1.54) is 210 Å². The van der Waals surface area contributed by atoms with E-state index >= 15 is 0 Å². The van der Waals surface area contributed by atoms with Crippen molar-refractivity contribution in [3.05, 3.63) is 59.9 Å². The summed E-state index contributed by atoms with van der Waals surface area (Å²) in [6, 6.07) is 13.0. The Hall–Kier alpha value is -2.09. The van der Waals surface area contributed by atoms with Crippen LogP contribution in [0, 0.1) is 0 Å². The molecular formula is C49H84NO+.